The number of nitrogens with zero attached hydrogens (tertiary/aromatic N) is 9. The molecule has 0 saturated carbocycles. The number of hydrogen-bond acceptors (Lipinski definition) is 28. The molecule has 0 spiro atoms. The van der Waals surface area contributed by atoms with E-state index in [4.69, 9.17) is 87.7 Å². The number of amides is 6. The number of ether oxygens (including phenoxy) is 5. The number of urea groups is 1. The Morgan fingerprint density at radius 3 is 1.99 bits per heavy atom. The first kappa shape index (κ1) is 72.1. The van der Waals surface area contributed by atoms with Crippen LogP contribution >= 0.6 is 13.4 Å². The highest BCUT2D eigenvalue weighted by Crippen LogP contribution is 2.54. The van der Waals surface area contributed by atoms with E-state index in [0.29, 0.717) is 11.3 Å². The van der Waals surface area contributed by atoms with Gasteiger partial charge in [0, 0.05) is 50.5 Å². The predicted molar refractivity (Wildman–Crippen MR) is 332 cm³/mol. The van der Waals surface area contributed by atoms with Gasteiger partial charge < -0.3 is 96.1 Å². The molecule has 94 heavy (non-hydrogen) atoms. The fraction of sp³-hybridized carbons (Fsp3) is 0.547. The Bertz CT molecular complexity index is 3690. The largest absolute Gasteiger partial charge is 0.509 e. The normalized spacial score (nSPS) is 25.0. The van der Waals surface area contributed by atoms with Crippen molar-refractivity contribution >= 4 is 124 Å². The molecule has 8 rings (SSSR count). The molecular weight excluding hydrogens is 1320 g/mol. The van der Waals surface area contributed by atoms with Crippen LogP contribution in [-0.4, -0.2) is 200 Å². The highest BCUT2D eigenvalue weighted by Gasteiger charge is 2.55. The third-order valence-corrected chi connectivity index (χ3v) is 18.1. The number of primary amides is 1. The number of anilines is 3. The van der Waals surface area contributed by atoms with Crippen LogP contribution in [0.5, 0.6) is 0 Å². The van der Waals surface area contributed by atoms with Gasteiger partial charge in [0.1, 0.15) is 66.9 Å². The number of imidazole rings is 2. The summed E-state index contributed by atoms with van der Waals surface area (Å²) in [6.45, 7) is -4.50. The molecular formula is C53H72N16O21P2S2. The van der Waals surface area contributed by atoms with E-state index >= 15 is 0 Å². The monoisotopic (exact) mass is 1390 g/mol. The molecule has 14 atom stereocenters. The van der Waals surface area contributed by atoms with Crippen LogP contribution in [0.3, 0.4) is 0 Å². The summed E-state index contributed by atoms with van der Waals surface area (Å²) >= 11 is 10.9. The maximum absolute atomic E-state index is 13.9. The molecule has 4 unspecified atom stereocenters. The quantitative estimate of drug-likeness (QED) is 0.0222. The first-order chi connectivity index (χ1) is 44.5. The summed E-state index contributed by atoms with van der Waals surface area (Å²) in [6.07, 6.45) is -10.9. The lowest BCUT2D eigenvalue weighted by Gasteiger charge is -2.29. The number of carboxylic acids is 1. The number of carbonyl (C=O) groups is 8. The number of nitrogen functional groups attached to an aromatic ring is 2. The van der Waals surface area contributed by atoms with Crippen LogP contribution in [0.1, 0.15) is 77.8 Å². The van der Waals surface area contributed by atoms with E-state index in [0.717, 1.165) is 11.2 Å². The second-order valence-electron chi connectivity index (χ2n) is 22.5. The molecule has 4 aromatic heterocycles. The molecule has 37 nitrogen and oxygen atoms in total. The molecule has 5 aromatic rings. The van der Waals surface area contributed by atoms with E-state index in [9.17, 15) is 53.2 Å². The number of fused-ring (bicyclic) bond motifs is 5. The van der Waals surface area contributed by atoms with Gasteiger partial charge in [-0.1, -0.05) is 32.9 Å². The number of aromatic nitrogens is 8. The van der Waals surface area contributed by atoms with Crippen LogP contribution in [0.15, 0.2) is 49.6 Å². The van der Waals surface area contributed by atoms with E-state index in [-0.39, 0.29) is 85.9 Å². The Hall–Kier alpha value is -7.78. The molecule has 41 heteroatoms. The predicted octanol–water partition coefficient (Wildman–Crippen LogP) is 1.14. The van der Waals surface area contributed by atoms with Gasteiger partial charge in [0.15, 0.2) is 47.3 Å². The van der Waals surface area contributed by atoms with E-state index in [1.54, 1.807) is 26.0 Å². The lowest BCUT2D eigenvalue weighted by atomic mass is 9.89. The number of rotatable bonds is 25. The Balaban J connectivity index is 0.876. The van der Waals surface area contributed by atoms with Crippen LogP contribution in [0.25, 0.3) is 22.3 Å². The Labute approximate surface area is 545 Å². The second-order valence-corrected chi connectivity index (χ2v) is 28.0. The number of nitrogens with one attached hydrogen (secondary N) is 4. The van der Waals surface area contributed by atoms with E-state index in [2.05, 4.69) is 51.2 Å². The standard InChI is InChI=1S/C53H72N16O21P2S2/c1-25(2)36(66-34(71)12-14-57-47(75)26(3)15-35(72)73)31(70)16-29(7-6-13-58-51(56)77)48(76)65-30-10-8-28(9-11-30)18-82-52(78)67(5)17-27(4)85-53(79)88-42-40-33(87-50(42)69-24-64-38-44(55)60-22-62-46(38)69)20-84-92(81,94)90-41-39(74)32(19-83-91(80,93)89-40)86-49(41)68-23-63-37-43(54)59-21-61-45(37)68/h8-11,21-27,29,32-33,36,39-42,49-50,74H,6-7,12-20H2,1-5H3,(H,57,75)(H,65,76)(H,66,71)(H,72,73)(H,80,93)(H,81,94)(H2,54,59,61)(H2,55,60,62)(H3,56,58,77)/t26?,27?,29-,32-,33-,36+,39-,40-,41-,42-,49-,50-,91?,92?/m1/s1. The SMILES string of the molecule is CC(CN(C)C(=O)OCc1ccc(NC(=O)[C@H](CCCNC(N)=O)CC(=O)[C@@H](NC(=O)CCNC(=O)C(C)CC(=O)O)C(C)C)cc1)OC(=O)O[C@@H]1[C@@H]2OP(O)(=S)OC[C@H]3O[C@@H](n4cnc5c(N)ncnc54)[C@H](OP(O)(=S)OC[C@H]2O[C@H]1n1cnc2c(N)ncnc21)[C@@H]3O. The number of benzene rings is 1. The maximum Gasteiger partial charge on any atom is 0.509 e. The van der Waals surface area contributed by atoms with Crippen LogP contribution in [0.2, 0.25) is 0 Å². The van der Waals surface area contributed by atoms with E-state index in [1.807, 2.05) is 0 Å². The third kappa shape index (κ3) is 18.8. The van der Waals surface area contributed by atoms with Gasteiger partial charge in [-0.2, -0.15) is 0 Å². The number of aliphatic hydroxyl groups is 1. The van der Waals surface area contributed by atoms with Crippen molar-refractivity contribution in [3.05, 3.63) is 55.1 Å². The number of likely N-dealkylation sites (N-methyl/N-ethyl adjacent to an activating group) is 1. The molecule has 3 aliphatic rings. The fourth-order valence-electron chi connectivity index (χ4n) is 10.3. The zero-order valence-corrected chi connectivity index (χ0v) is 54.5. The topological polar surface area (TPSA) is 517 Å². The van der Waals surface area contributed by atoms with Crippen molar-refractivity contribution < 1.29 is 100 Å². The highest BCUT2D eigenvalue weighted by atomic mass is 32.5. The smallest absolute Gasteiger partial charge is 0.481 e. The summed E-state index contributed by atoms with van der Waals surface area (Å²) in [5, 5.41) is 30.9. The van der Waals surface area contributed by atoms with Crippen molar-refractivity contribution in [2.45, 2.75) is 128 Å². The minimum absolute atomic E-state index is 0.0231. The molecule has 2 bridgehead atoms. The van der Waals surface area contributed by atoms with Crippen molar-refractivity contribution in [3.63, 3.8) is 0 Å². The second kappa shape index (κ2) is 31.6. The Kier molecular flexibility index (Phi) is 24.3. The van der Waals surface area contributed by atoms with Crippen LogP contribution in [-0.2, 0) is 96.0 Å². The maximum atomic E-state index is 13.9. The molecule has 6 amide bonds. The average molecular weight is 1400 g/mol. The zero-order chi connectivity index (χ0) is 68.3. The molecule has 0 aliphatic carbocycles. The Morgan fingerprint density at radius 1 is 0.787 bits per heavy atom. The molecule has 3 fully saturated rings. The van der Waals surface area contributed by atoms with Crippen LogP contribution in [0.4, 0.5) is 31.7 Å². The van der Waals surface area contributed by atoms with E-state index in [1.165, 1.54) is 61.1 Å². The molecule has 3 saturated heterocycles. The third-order valence-electron chi connectivity index (χ3n) is 14.9. The number of carbonyl (C=O) groups excluding carboxylic acids is 7. The van der Waals surface area contributed by atoms with Crippen molar-refractivity contribution in [2.24, 2.45) is 23.5 Å². The van der Waals surface area contributed by atoms with Gasteiger partial charge in [-0.3, -0.25) is 42.2 Å². The Morgan fingerprint density at radius 2 is 1.38 bits per heavy atom. The minimum atomic E-state index is -4.50. The van der Waals surface area contributed by atoms with Crippen molar-refractivity contribution in [2.75, 3.05) is 56.7 Å². The summed E-state index contributed by atoms with van der Waals surface area (Å²) in [6, 6.07) is 4.44. The van der Waals surface area contributed by atoms with Gasteiger partial charge in [0.2, 0.25) is 17.7 Å². The average Bonchev–Trinajstić information content (AvgIpc) is 1.62. The summed E-state index contributed by atoms with van der Waals surface area (Å²) in [4.78, 5) is 152. The van der Waals surface area contributed by atoms with Gasteiger partial charge in [0.05, 0.1) is 44.9 Å². The summed E-state index contributed by atoms with van der Waals surface area (Å²) < 4.78 is 55.8. The van der Waals surface area contributed by atoms with Crippen LogP contribution in [0, 0.1) is 17.8 Å². The van der Waals surface area contributed by atoms with Gasteiger partial charge in [-0.15, -0.1) is 0 Å². The summed E-state index contributed by atoms with van der Waals surface area (Å²) in [5.41, 5.74) is 18.7. The molecule has 14 N–H and O–H groups in total. The first-order valence-electron chi connectivity index (χ1n) is 29.1. The molecule has 3 aliphatic heterocycles. The van der Waals surface area contributed by atoms with Crippen LogP contribution < -0.4 is 38.5 Å². The van der Waals surface area contributed by atoms with Gasteiger partial charge in [-0.25, -0.2) is 44.3 Å². The van der Waals surface area contributed by atoms with Gasteiger partial charge in [0.25, 0.3) is 0 Å². The summed E-state index contributed by atoms with van der Waals surface area (Å²) in [5.74, 6) is -5.40. The minimum Gasteiger partial charge on any atom is -0.481 e. The highest BCUT2D eigenvalue weighted by molar-refractivity contribution is 8.07. The number of carboxylic acid groups (broad SMARTS) is 1. The lowest BCUT2D eigenvalue weighted by Crippen LogP contribution is -2.46. The summed E-state index contributed by atoms with van der Waals surface area (Å²) in [7, 11) is 1.37. The van der Waals surface area contributed by atoms with E-state index < -0.39 is 160 Å². The fourth-order valence-corrected chi connectivity index (χ4v) is 13.1. The molecule has 512 valence electrons. The number of ketones is 1. The number of Topliss-reactive ketones (excluding diaryl/α,β-unsaturated/α-hetero) is 1. The van der Waals surface area contributed by atoms with Gasteiger partial charge >= 0.3 is 37.7 Å². The molecule has 7 heterocycles. The zero-order valence-electron chi connectivity index (χ0n) is 51.1. The first-order valence-corrected chi connectivity index (χ1v) is 34.3. The van der Waals surface area contributed by atoms with Crippen molar-refractivity contribution in [3.8, 4) is 0 Å². The number of aliphatic hydroxyl groups excluding tert-OH is 1. The number of hydrogen-bond donors (Lipinski definition) is 11. The van der Waals surface area contributed by atoms with Crippen molar-refractivity contribution in [1.29, 1.82) is 0 Å². The molecule has 0 radical (unpaired) electrons. The lowest BCUT2D eigenvalue weighted by molar-refractivity contribution is -0.140. The number of aliphatic carboxylic acids is 1. The van der Waals surface area contributed by atoms with Gasteiger partial charge in [-0.05, 0) is 67.0 Å². The number of nitrogens with two attached hydrogens (primary N) is 3. The molecule has 1 aromatic carbocycles. The van der Waals surface area contributed by atoms with Crippen molar-refractivity contribution in [1.82, 2.24) is 59.9 Å².